The number of thioether (sulfide) groups is 1. The van der Waals surface area contributed by atoms with E-state index in [1.54, 1.807) is 6.19 Å². The van der Waals surface area contributed by atoms with Crippen LogP contribution in [-0.2, 0) is 0 Å². The summed E-state index contributed by atoms with van der Waals surface area (Å²) in [6, 6.07) is 0. The molecule has 0 amide bonds. The van der Waals surface area contributed by atoms with E-state index in [0.717, 1.165) is 0 Å². The lowest BCUT2D eigenvalue weighted by Gasteiger charge is -2.01. The fourth-order valence-electron chi connectivity index (χ4n) is 0.289. The van der Waals surface area contributed by atoms with Gasteiger partial charge in [-0.3, -0.25) is 5.32 Å². The van der Waals surface area contributed by atoms with Crippen molar-refractivity contribution in [3.05, 3.63) is 0 Å². The molecule has 0 aliphatic rings. The van der Waals surface area contributed by atoms with Crippen LogP contribution in [0.3, 0.4) is 0 Å². The topological polar surface area (TPSA) is 35.8 Å². The zero-order valence-corrected chi connectivity index (χ0v) is 6.97. The molecule has 0 aromatic carbocycles. The Morgan fingerprint density at radius 3 is 2.67 bits per heavy atom. The van der Waals surface area contributed by atoms with Gasteiger partial charge in [-0.1, -0.05) is 37.8 Å². The quantitative estimate of drug-likeness (QED) is 0.358. The molecule has 0 aliphatic carbocycles. The van der Waals surface area contributed by atoms with Crippen molar-refractivity contribution in [2.24, 2.45) is 0 Å². The minimum atomic E-state index is 0.443. The second-order valence-corrected chi connectivity index (χ2v) is 3.94. The highest BCUT2D eigenvalue weighted by Gasteiger charge is 1.97. The largest absolute Gasteiger partial charge is 0.278 e. The van der Waals surface area contributed by atoms with Crippen LogP contribution in [0.1, 0.15) is 13.8 Å². The maximum absolute atomic E-state index is 8.09. The van der Waals surface area contributed by atoms with E-state index in [9.17, 15) is 0 Å². The van der Waals surface area contributed by atoms with Crippen LogP contribution < -0.4 is 5.32 Å². The normalized spacial score (nSPS) is 8.67. The maximum Gasteiger partial charge on any atom is 0.182 e. The van der Waals surface area contributed by atoms with Crippen molar-refractivity contribution in [1.82, 2.24) is 5.32 Å². The molecule has 0 saturated carbocycles. The number of hydrogen-bond donors (Lipinski definition) is 1. The first kappa shape index (κ1) is 8.73. The van der Waals surface area contributed by atoms with E-state index in [0.29, 0.717) is 9.57 Å². The van der Waals surface area contributed by atoms with Crippen LogP contribution >= 0.6 is 24.0 Å². The third-order valence-electron chi connectivity index (χ3n) is 0.501. The van der Waals surface area contributed by atoms with Crippen LogP contribution in [0, 0.1) is 11.5 Å². The molecule has 0 aromatic heterocycles. The standard InChI is InChI=1S/C5H8N2S2/c1-4(2)9-5(8)7-3-6/h4H,1-2H3,(H,7,8). The summed E-state index contributed by atoms with van der Waals surface area (Å²) in [5.74, 6) is 0. The molecular weight excluding hydrogens is 152 g/mol. The van der Waals surface area contributed by atoms with E-state index in [-0.39, 0.29) is 0 Å². The summed E-state index contributed by atoms with van der Waals surface area (Å²) in [6.07, 6.45) is 1.76. The van der Waals surface area contributed by atoms with Crippen LogP contribution in [0.5, 0.6) is 0 Å². The number of nitrogens with one attached hydrogen (secondary N) is 1. The summed E-state index contributed by atoms with van der Waals surface area (Å²) in [4.78, 5) is 0. The third kappa shape index (κ3) is 5.60. The predicted octanol–water partition coefficient (Wildman–Crippen LogP) is 1.48. The Morgan fingerprint density at radius 1 is 1.78 bits per heavy atom. The van der Waals surface area contributed by atoms with Crippen LogP contribution in [0.15, 0.2) is 0 Å². The Morgan fingerprint density at radius 2 is 2.33 bits per heavy atom. The van der Waals surface area contributed by atoms with Gasteiger partial charge in [0, 0.05) is 5.25 Å². The number of nitriles is 1. The highest BCUT2D eigenvalue weighted by atomic mass is 32.2. The van der Waals surface area contributed by atoms with E-state index in [1.807, 2.05) is 13.8 Å². The minimum Gasteiger partial charge on any atom is -0.278 e. The van der Waals surface area contributed by atoms with Crippen molar-refractivity contribution in [2.45, 2.75) is 19.1 Å². The second kappa shape index (κ2) is 4.59. The van der Waals surface area contributed by atoms with E-state index >= 15 is 0 Å². The zero-order valence-electron chi connectivity index (χ0n) is 5.34. The summed E-state index contributed by atoms with van der Waals surface area (Å²) in [5.41, 5.74) is 0. The zero-order chi connectivity index (χ0) is 7.28. The lowest BCUT2D eigenvalue weighted by molar-refractivity contribution is 1.12. The van der Waals surface area contributed by atoms with Gasteiger partial charge in [-0.15, -0.1) is 0 Å². The molecule has 0 rings (SSSR count). The van der Waals surface area contributed by atoms with Gasteiger partial charge in [0.2, 0.25) is 0 Å². The SMILES string of the molecule is CC(C)SC(=S)NC#N. The number of rotatable bonds is 1. The van der Waals surface area contributed by atoms with E-state index in [2.05, 4.69) is 5.32 Å². The molecule has 0 bridgehead atoms. The Balaban J connectivity index is 3.42. The average molecular weight is 160 g/mol. The summed E-state index contributed by atoms with van der Waals surface area (Å²) < 4.78 is 0.549. The van der Waals surface area contributed by atoms with Gasteiger partial charge in [-0.25, -0.2) is 0 Å². The monoisotopic (exact) mass is 160 g/mol. The molecule has 2 nitrogen and oxygen atoms in total. The Bertz CT molecular complexity index is 136. The van der Waals surface area contributed by atoms with Gasteiger partial charge in [-0.2, -0.15) is 5.26 Å². The van der Waals surface area contributed by atoms with E-state index in [4.69, 9.17) is 17.5 Å². The molecule has 0 fully saturated rings. The maximum atomic E-state index is 8.09. The fourth-order valence-corrected chi connectivity index (χ4v) is 1.44. The van der Waals surface area contributed by atoms with E-state index < -0.39 is 0 Å². The number of thiocarbonyl (C=S) groups is 1. The van der Waals surface area contributed by atoms with Gasteiger partial charge in [0.25, 0.3) is 0 Å². The van der Waals surface area contributed by atoms with Crippen molar-refractivity contribution in [1.29, 1.82) is 5.26 Å². The van der Waals surface area contributed by atoms with E-state index in [1.165, 1.54) is 11.8 Å². The molecule has 50 valence electrons. The lowest BCUT2D eigenvalue weighted by Crippen LogP contribution is -2.12. The van der Waals surface area contributed by atoms with Crippen LogP contribution in [0.25, 0.3) is 0 Å². The molecule has 1 N–H and O–H groups in total. The molecule has 0 heterocycles. The number of hydrogen-bond acceptors (Lipinski definition) is 3. The van der Waals surface area contributed by atoms with Gasteiger partial charge in [0.1, 0.15) is 4.32 Å². The summed E-state index contributed by atoms with van der Waals surface area (Å²) >= 11 is 6.24. The van der Waals surface area contributed by atoms with Gasteiger partial charge in [0.05, 0.1) is 0 Å². The number of nitrogens with zero attached hydrogens (tertiary/aromatic N) is 1. The van der Waals surface area contributed by atoms with Gasteiger partial charge >= 0.3 is 0 Å². The fraction of sp³-hybridized carbons (Fsp3) is 0.600. The summed E-state index contributed by atoms with van der Waals surface area (Å²) in [6.45, 7) is 4.05. The molecule has 9 heavy (non-hydrogen) atoms. The Kier molecular flexibility index (Phi) is 4.46. The second-order valence-electron chi connectivity index (χ2n) is 1.69. The third-order valence-corrected chi connectivity index (χ3v) is 1.68. The van der Waals surface area contributed by atoms with Crippen LogP contribution in [0.2, 0.25) is 0 Å². The Hall–Kier alpha value is -0.270. The molecule has 0 aliphatic heterocycles. The first-order valence-corrected chi connectivity index (χ1v) is 3.81. The highest BCUT2D eigenvalue weighted by Crippen LogP contribution is 2.09. The van der Waals surface area contributed by atoms with Crippen molar-refractivity contribution in [2.75, 3.05) is 0 Å². The van der Waals surface area contributed by atoms with Gasteiger partial charge in [-0.05, 0) is 0 Å². The molecule has 0 unspecified atom stereocenters. The van der Waals surface area contributed by atoms with Crippen LogP contribution in [0.4, 0.5) is 0 Å². The van der Waals surface area contributed by atoms with Crippen molar-refractivity contribution in [3.63, 3.8) is 0 Å². The molecular formula is C5H8N2S2. The van der Waals surface area contributed by atoms with Gasteiger partial charge in [0.15, 0.2) is 6.19 Å². The predicted molar refractivity (Wildman–Crippen MR) is 44.1 cm³/mol. The molecule has 0 spiro atoms. The molecule has 0 radical (unpaired) electrons. The molecule has 0 aromatic rings. The van der Waals surface area contributed by atoms with Crippen molar-refractivity contribution < 1.29 is 0 Å². The van der Waals surface area contributed by atoms with Crippen LogP contribution in [-0.4, -0.2) is 9.57 Å². The molecule has 4 heteroatoms. The van der Waals surface area contributed by atoms with Crippen molar-refractivity contribution in [3.8, 4) is 6.19 Å². The first-order valence-electron chi connectivity index (χ1n) is 2.52. The Labute approximate surface area is 64.6 Å². The minimum absolute atomic E-state index is 0.443. The average Bonchev–Trinajstić information content (AvgIpc) is 1.63. The molecule has 0 atom stereocenters. The van der Waals surface area contributed by atoms with Gasteiger partial charge < -0.3 is 0 Å². The summed E-state index contributed by atoms with van der Waals surface area (Å²) in [7, 11) is 0. The first-order chi connectivity index (χ1) is 4.16. The molecule has 0 saturated heterocycles. The lowest BCUT2D eigenvalue weighted by atomic mass is 10.6. The smallest absolute Gasteiger partial charge is 0.182 e. The van der Waals surface area contributed by atoms with Crippen molar-refractivity contribution >= 4 is 28.3 Å². The highest BCUT2D eigenvalue weighted by molar-refractivity contribution is 8.23. The summed E-state index contributed by atoms with van der Waals surface area (Å²) in [5, 5.41) is 10.9.